The van der Waals surface area contributed by atoms with Crippen LogP contribution in [0.5, 0.6) is 5.75 Å². The number of nitrogens with zero attached hydrogens (tertiary/aromatic N) is 1. The van der Waals surface area contributed by atoms with Crippen molar-refractivity contribution in [3.05, 3.63) is 58.7 Å². The van der Waals surface area contributed by atoms with E-state index in [1.807, 2.05) is 32.9 Å². The molecular weight excluding hydrogens is 316 g/mol. The summed E-state index contributed by atoms with van der Waals surface area (Å²) in [4.78, 5) is 26.1. The van der Waals surface area contributed by atoms with E-state index >= 15 is 0 Å². The number of methoxy groups -OCH3 is 1. The van der Waals surface area contributed by atoms with Crippen LogP contribution < -0.4 is 10.1 Å². The molecule has 0 saturated carbocycles. The second-order valence-electron chi connectivity index (χ2n) is 6.21. The van der Waals surface area contributed by atoms with Crippen LogP contribution in [0.4, 0.5) is 5.69 Å². The highest BCUT2D eigenvalue weighted by atomic mass is 16.5. The van der Waals surface area contributed by atoms with Gasteiger partial charge in [-0.2, -0.15) is 0 Å². The predicted octanol–water partition coefficient (Wildman–Crippen LogP) is 3.33. The van der Waals surface area contributed by atoms with Gasteiger partial charge < -0.3 is 15.0 Å². The summed E-state index contributed by atoms with van der Waals surface area (Å²) in [7, 11) is 3.18. The normalized spacial score (nSPS) is 10.3. The van der Waals surface area contributed by atoms with Crippen molar-refractivity contribution in [2.75, 3.05) is 26.0 Å². The Kier molecular flexibility index (Phi) is 5.80. The van der Waals surface area contributed by atoms with E-state index in [2.05, 4.69) is 5.32 Å². The fraction of sp³-hybridized carbons (Fsp3) is 0.300. The number of hydrogen-bond donors (Lipinski definition) is 1. The molecule has 0 bridgehead atoms. The van der Waals surface area contributed by atoms with Crippen LogP contribution in [0, 0.1) is 20.8 Å². The van der Waals surface area contributed by atoms with Gasteiger partial charge in [-0.05, 0) is 56.2 Å². The third-order valence-electron chi connectivity index (χ3n) is 4.01. The van der Waals surface area contributed by atoms with Crippen molar-refractivity contribution in [1.29, 1.82) is 0 Å². The van der Waals surface area contributed by atoms with E-state index < -0.39 is 0 Å². The largest absolute Gasteiger partial charge is 0.497 e. The van der Waals surface area contributed by atoms with E-state index in [0.717, 1.165) is 22.4 Å². The van der Waals surface area contributed by atoms with Crippen LogP contribution in [0.2, 0.25) is 0 Å². The zero-order chi connectivity index (χ0) is 18.6. The van der Waals surface area contributed by atoms with Gasteiger partial charge in [-0.3, -0.25) is 9.59 Å². The number of ether oxygens (including phenoxy) is 1. The summed E-state index contributed by atoms with van der Waals surface area (Å²) in [5.74, 6) is 0.247. The minimum Gasteiger partial charge on any atom is -0.497 e. The molecule has 25 heavy (non-hydrogen) atoms. The van der Waals surface area contributed by atoms with Crippen LogP contribution in [-0.4, -0.2) is 37.4 Å². The molecular formula is C20H24N2O3. The lowest BCUT2D eigenvalue weighted by molar-refractivity contribution is -0.116. The van der Waals surface area contributed by atoms with Gasteiger partial charge in [0.2, 0.25) is 5.91 Å². The summed E-state index contributed by atoms with van der Waals surface area (Å²) in [5, 5.41) is 2.91. The molecule has 2 aromatic rings. The third kappa shape index (κ3) is 4.59. The molecule has 0 heterocycles. The molecule has 2 rings (SSSR count). The standard InChI is InChI=1S/C20H24N2O3/c1-13-10-14(2)19(15(3)11-13)21-18(23)12-22(4)20(24)16-6-8-17(25-5)9-7-16/h6-11H,12H2,1-5H3,(H,21,23). The monoisotopic (exact) mass is 340 g/mol. The van der Waals surface area contributed by atoms with Crippen LogP contribution >= 0.6 is 0 Å². The molecule has 0 aliphatic carbocycles. The summed E-state index contributed by atoms with van der Waals surface area (Å²) >= 11 is 0. The number of likely N-dealkylation sites (N-methyl/N-ethyl adjacent to an activating group) is 1. The van der Waals surface area contributed by atoms with Crippen molar-refractivity contribution in [1.82, 2.24) is 4.90 Å². The Hall–Kier alpha value is -2.82. The fourth-order valence-electron chi connectivity index (χ4n) is 2.80. The molecule has 0 aromatic heterocycles. The zero-order valence-corrected chi connectivity index (χ0v) is 15.3. The van der Waals surface area contributed by atoms with Crippen LogP contribution in [-0.2, 0) is 4.79 Å². The second-order valence-corrected chi connectivity index (χ2v) is 6.21. The Morgan fingerprint density at radius 2 is 1.60 bits per heavy atom. The summed E-state index contributed by atoms with van der Waals surface area (Å²) in [5.41, 5.74) is 4.49. The van der Waals surface area contributed by atoms with E-state index in [1.165, 1.54) is 4.90 Å². The van der Waals surface area contributed by atoms with Crippen LogP contribution in [0.15, 0.2) is 36.4 Å². The summed E-state index contributed by atoms with van der Waals surface area (Å²) in [6.07, 6.45) is 0. The lowest BCUT2D eigenvalue weighted by atomic mass is 10.1. The SMILES string of the molecule is COc1ccc(C(=O)N(C)CC(=O)Nc2c(C)cc(C)cc2C)cc1. The average molecular weight is 340 g/mol. The first kappa shape index (κ1) is 18.5. The maximum atomic E-state index is 12.4. The first-order valence-electron chi connectivity index (χ1n) is 8.09. The predicted molar refractivity (Wildman–Crippen MR) is 99.2 cm³/mol. The van der Waals surface area contributed by atoms with E-state index in [0.29, 0.717) is 11.3 Å². The minimum absolute atomic E-state index is 0.0163. The molecule has 5 heteroatoms. The zero-order valence-electron chi connectivity index (χ0n) is 15.3. The van der Waals surface area contributed by atoms with Gasteiger partial charge in [0.25, 0.3) is 5.91 Å². The summed E-state index contributed by atoms with van der Waals surface area (Å²) in [6.45, 7) is 5.92. The number of hydrogen-bond acceptors (Lipinski definition) is 3. The molecule has 0 unspecified atom stereocenters. The molecule has 0 aliphatic heterocycles. The molecule has 5 nitrogen and oxygen atoms in total. The number of carbonyl (C=O) groups is 2. The highest BCUT2D eigenvalue weighted by Crippen LogP contribution is 2.22. The molecule has 0 atom stereocenters. The maximum Gasteiger partial charge on any atom is 0.254 e. The van der Waals surface area contributed by atoms with Crippen LogP contribution in [0.3, 0.4) is 0 Å². The summed E-state index contributed by atoms with van der Waals surface area (Å²) < 4.78 is 5.08. The lowest BCUT2D eigenvalue weighted by Crippen LogP contribution is -2.35. The lowest BCUT2D eigenvalue weighted by Gasteiger charge is -2.18. The van der Waals surface area contributed by atoms with Crippen molar-refractivity contribution >= 4 is 17.5 Å². The average Bonchev–Trinajstić information content (AvgIpc) is 2.57. The molecule has 0 radical (unpaired) electrons. The van der Waals surface area contributed by atoms with E-state index in [9.17, 15) is 9.59 Å². The van der Waals surface area contributed by atoms with Gasteiger partial charge in [0.15, 0.2) is 0 Å². The second kappa shape index (κ2) is 7.83. The van der Waals surface area contributed by atoms with Crippen molar-refractivity contribution in [3.63, 3.8) is 0 Å². The number of benzene rings is 2. The van der Waals surface area contributed by atoms with Gasteiger partial charge >= 0.3 is 0 Å². The Morgan fingerprint density at radius 1 is 1.04 bits per heavy atom. The van der Waals surface area contributed by atoms with Gasteiger partial charge in [0.1, 0.15) is 5.75 Å². The van der Waals surface area contributed by atoms with E-state index in [4.69, 9.17) is 4.74 Å². The van der Waals surface area contributed by atoms with Gasteiger partial charge in [-0.15, -0.1) is 0 Å². The van der Waals surface area contributed by atoms with E-state index in [-0.39, 0.29) is 18.4 Å². The van der Waals surface area contributed by atoms with Crippen molar-refractivity contribution in [3.8, 4) is 5.75 Å². The number of amides is 2. The van der Waals surface area contributed by atoms with Gasteiger partial charge in [-0.25, -0.2) is 0 Å². The Balaban J connectivity index is 2.03. The summed E-state index contributed by atoms with van der Waals surface area (Å²) in [6, 6.07) is 10.9. The topological polar surface area (TPSA) is 58.6 Å². The Bertz CT molecular complexity index is 759. The number of aryl methyl sites for hydroxylation is 3. The molecule has 0 spiro atoms. The fourth-order valence-corrected chi connectivity index (χ4v) is 2.80. The van der Waals surface area contributed by atoms with Crippen LogP contribution in [0.25, 0.3) is 0 Å². The molecule has 2 aromatic carbocycles. The van der Waals surface area contributed by atoms with Gasteiger partial charge in [0, 0.05) is 18.3 Å². The number of nitrogens with one attached hydrogen (secondary N) is 1. The van der Waals surface area contributed by atoms with Gasteiger partial charge in [-0.1, -0.05) is 17.7 Å². The molecule has 2 amide bonds. The smallest absolute Gasteiger partial charge is 0.254 e. The molecule has 0 aliphatic rings. The Morgan fingerprint density at radius 3 is 2.12 bits per heavy atom. The van der Waals surface area contributed by atoms with Gasteiger partial charge in [0.05, 0.1) is 13.7 Å². The molecule has 0 saturated heterocycles. The van der Waals surface area contributed by atoms with Crippen molar-refractivity contribution in [2.45, 2.75) is 20.8 Å². The van der Waals surface area contributed by atoms with Crippen molar-refractivity contribution in [2.24, 2.45) is 0 Å². The quantitative estimate of drug-likeness (QED) is 0.908. The highest BCUT2D eigenvalue weighted by molar-refractivity contribution is 5.99. The minimum atomic E-state index is -0.223. The Labute approximate surface area is 148 Å². The molecule has 1 N–H and O–H groups in total. The van der Waals surface area contributed by atoms with Crippen LogP contribution in [0.1, 0.15) is 27.0 Å². The highest BCUT2D eigenvalue weighted by Gasteiger charge is 2.16. The maximum absolute atomic E-state index is 12.4. The number of anilines is 1. The van der Waals surface area contributed by atoms with E-state index in [1.54, 1.807) is 38.4 Å². The third-order valence-corrected chi connectivity index (χ3v) is 4.01. The number of carbonyl (C=O) groups excluding carboxylic acids is 2. The first-order valence-corrected chi connectivity index (χ1v) is 8.09. The first-order chi connectivity index (χ1) is 11.8. The molecule has 0 fully saturated rings. The number of rotatable bonds is 5. The molecule has 132 valence electrons. The van der Waals surface area contributed by atoms with Crippen molar-refractivity contribution < 1.29 is 14.3 Å².